The van der Waals surface area contributed by atoms with Crippen LogP contribution in [0.3, 0.4) is 0 Å². The fourth-order valence-corrected chi connectivity index (χ4v) is 1.36. The van der Waals surface area contributed by atoms with Crippen LogP contribution in [0.5, 0.6) is 0 Å². The lowest BCUT2D eigenvalue weighted by Crippen LogP contribution is -2.40. The molecule has 0 spiro atoms. The summed E-state index contributed by atoms with van der Waals surface area (Å²) in [5.41, 5.74) is 2.13. The minimum absolute atomic E-state index is 0.131. The number of methoxy groups -OCH3 is 1. The lowest BCUT2D eigenvalue weighted by molar-refractivity contribution is -0.122. The molecule has 0 aromatic heterocycles. The smallest absolute Gasteiger partial charge is 0.235 e. The summed E-state index contributed by atoms with van der Waals surface area (Å²) in [7, 11) is 1.67. The van der Waals surface area contributed by atoms with Gasteiger partial charge in [-0.15, -0.1) is 0 Å². The number of hydrogen-bond donors (Lipinski definition) is 2. The highest BCUT2D eigenvalue weighted by atomic mass is 16.5. The van der Waals surface area contributed by atoms with Crippen molar-refractivity contribution in [1.82, 2.24) is 10.3 Å². The number of carbonyl (C=O) groups is 1. The molecule has 84 valence electrons. The highest BCUT2D eigenvalue weighted by Gasteiger charge is 2.14. The summed E-state index contributed by atoms with van der Waals surface area (Å²) in [5.74, 6) is 4.89. The fourth-order valence-electron chi connectivity index (χ4n) is 1.36. The van der Waals surface area contributed by atoms with Crippen LogP contribution in [0.4, 0.5) is 0 Å². The summed E-state index contributed by atoms with van der Waals surface area (Å²) in [6.07, 6.45) is 0.425. The van der Waals surface area contributed by atoms with Gasteiger partial charge in [-0.3, -0.25) is 15.1 Å². The molecule has 3 N–H and O–H groups in total. The molecule has 0 aliphatic carbocycles. The standard InChI is InChI=1S/C9H21N3O2/c1-4-12(5-6-14-3)8(2)7-9(13)11-10/h8H,4-7,10H2,1-3H3,(H,11,13). The van der Waals surface area contributed by atoms with Gasteiger partial charge in [-0.2, -0.15) is 0 Å². The SMILES string of the molecule is CCN(CCOC)C(C)CC(=O)NN. The van der Waals surface area contributed by atoms with Crippen LogP contribution in [-0.2, 0) is 9.53 Å². The lowest BCUT2D eigenvalue weighted by Gasteiger charge is -2.26. The molecule has 1 atom stereocenters. The molecule has 0 fully saturated rings. The molecular formula is C9H21N3O2. The average molecular weight is 203 g/mol. The van der Waals surface area contributed by atoms with E-state index in [0.717, 1.165) is 13.1 Å². The summed E-state index contributed by atoms with van der Waals surface area (Å²) < 4.78 is 4.99. The molecular weight excluding hydrogens is 182 g/mol. The maximum Gasteiger partial charge on any atom is 0.235 e. The zero-order valence-corrected chi connectivity index (χ0v) is 9.25. The molecule has 0 aliphatic heterocycles. The van der Waals surface area contributed by atoms with E-state index in [4.69, 9.17) is 10.6 Å². The van der Waals surface area contributed by atoms with Gasteiger partial charge in [0.1, 0.15) is 0 Å². The van der Waals surface area contributed by atoms with Gasteiger partial charge in [0, 0.05) is 26.1 Å². The van der Waals surface area contributed by atoms with E-state index in [0.29, 0.717) is 13.0 Å². The van der Waals surface area contributed by atoms with E-state index in [-0.39, 0.29) is 11.9 Å². The highest BCUT2D eigenvalue weighted by molar-refractivity contribution is 5.75. The van der Waals surface area contributed by atoms with Crippen molar-refractivity contribution < 1.29 is 9.53 Å². The summed E-state index contributed by atoms with van der Waals surface area (Å²) in [4.78, 5) is 13.2. The molecule has 0 aromatic carbocycles. The number of carbonyl (C=O) groups excluding carboxylic acids is 1. The first-order valence-corrected chi connectivity index (χ1v) is 4.88. The molecule has 1 unspecified atom stereocenters. The molecule has 0 aliphatic rings. The predicted molar refractivity (Wildman–Crippen MR) is 55.5 cm³/mol. The molecule has 0 saturated carbocycles. The second-order valence-corrected chi connectivity index (χ2v) is 3.24. The number of amides is 1. The largest absolute Gasteiger partial charge is 0.383 e. The van der Waals surface area contributed by atoms with Crippen LogP contribution in [0.1, 0.15) is 20.3 Å². The first-order chi connectivity index (χ1) is 6.65. The van der Waals surface area contributed by atoms with Gasteiger partial charge in [0.2, 0.25) is 5.91 Å². The number of hydrazine groups is 1. The zero-order valence-electron chi connectivity index (χ0n) is 9.25. The van der Waals surface area contributed by atoms with Gasteiger partial charge in [-0.1, -0.05) is 6.92 Å². The van der Waals surface area contributed by atoms with Crippen molar-refractivity contribution in [2.75, 3.05) is 26.8 Å². The third-order valence-electron chi connectivity index (χ3n) is 2.25. The van der Waals surface area contributed by atoms with E-state index in [2.05, 4.69) is 17.2 Å². The number of hydrogen-bond acceptors (Lipinski definition) is 4. The number of nitrogens with two attached hydrogens (primary N) is 1. The maximum atomic E-state index is 11.0. The van der Waals surface area contributed by atoms with E-state index >= 15 is 0 Å². The van der Waals surface area contributed by atoms with Crippen LogP contribution in [0.15, 0.2) is 0 Å². The fraction of sp³-hybridized carbons (Fsp3) is 0.889. The monoisotopic (exact) mass is 203 g/mol. The molecule has 0 rings (SSSR count). The third-order valence-corrected chi connectivity index (χ3v) is 2.25. The van der Waals surface area contributed by atoms with Crippen LogP contribution in [-0.4, -0.2) is 43.7 Å². The molecule has 0 saturated heterocycles. The van der Waals surface area contributed by atoms with Gasteiger partial charge in [-0.05, 0) is 13.5 Å². The molecule has 0 bridgehead atoms. The molecule has 0 radical (unpaired) electrons. The Bertz CT molecular complexity index is 164. The van der Waals surface area contributed by atoms with Crippen LogP contribution in [0.2, 0.25) is 0 Å². The number of nitrogens with zero attached hydrogens (tertiary/aromatic N) is 1. The van der Waals surface area contributed by atoms with Crippen LogP contribution < -0.4 is 11.3 Å². The zero-order chi connectivity index (χ0) is 11.0. The highest BCUT2D eigenvalue weighted by Crippen LogP contribution is 2.02. The van der Waals surface area contributed by atoms with Crippen molar-refractivity contribution >= 4 is 5.91 Å². The van der Waals surface area contributed by atoms with Crippen molar-refractivity contribution in [1.29, 1.82) is 0 Å². The Morgan fingerprint density at radius 2 is 2.29 bits per heavy atom. The quantitative estimate of drug-likeness (QED) is 0.339. The maximum absolute atomic E-state index is 11.0. The van der Waals surface area contributed by atoms with E-state index in [9.17, 15) is 4.79 Å². The van der Waals surface area contributed by atoms with Gasteiger partial charge in [0.05, 0.1) is 6.61 Å². The van der Waals surface area contributed by atoms with Crippen LogP contribution in [0.25, 0.3) is 0 Å². The Hall–Kier alpha value is -0.650. The van der Waals surface area contributed by atoms with Crippen LogP contribution in [0, 0.1) is 0 Å². The van der Waals surface area contributed by atoms with E-state index in [1.54, 1.807) is 7.11 Å². The Morgan fingerprint density at radius 3 is 2.71 bits per heavy atom. The van der Waals surface area contributed by atoms with Crippen molar-refractivity contribution in [2.45, 2.75) is 26.3 Å². The third kappa shape index (κ3) is 5.16. The molecule has 0 heterocycles. The van der Waals surface area contributed by atoms with Gasteiger partial charge in [0.25, 0.3) is 0 Å². The van der Waals surface area contributed by atoms with E-state index < -0.39 is 0 Å². The van der Waals surface area contributed by atoms with Gasteiger partial charge in [0.15, 0.2) is 0 Å². The average Bonchev–Trinajstić information content (AvgIpc) is 2.18. The van der Waals surface area contributed by atoms with E-state index in [1.807, 2.05) is 6.92 Å². The molecule has 5 heteroatoms. The minimum Gasteiger partial charge on any atom is -0.383 e. The molecule has 14 heavy (non-hydrogen) atoms. The van der Waals surface area contributed by atoms with Gasteiger partial charge < -0.3 is 4.74 Å². The van der Waals surface area contributed by atoms with Gasteiger partial charge >= 0.3 is 0 Å². The summed E-state index contributed by atoms with van der Waals surface area (Å²) in [6, 6.07) is 0.193. The van der Waals surface area contributed by atoms with Crippen LogP contribution >= 0.6 is 0 Å². The molecule has 1 amide bonds. The summed E-state index contributed by atoms with van der Waals surface area (Å²) in [5, 5.41) is 0. The topological polar surface area (TPSA) is 67.6 Å². The lowest BCUT2D eigenvalue weighted by atomic mass is 10.2. The Labute approximate surface area is 85.6 Å². The number of nitrogens with one attached hydrogen (secondary N) is 1. The van der Waals surface area contributed by atoms with Gasteiger partial charge in [-0.25, -0.2) is 5.84 Å². The normalized spacial score (nSPS) is 12.9. The first-order valence-electron chi connectivity index (χ1n) is 4.88. The number of ether oxygens (including phenoxy) is 1. The van der Waals surface area contributed by atoms with E-state index in [1.165, 1.54) is 0 Å². The Kier molecular flexibility index (Phi) is 7.37. The van der Waals surface area contributed by atoms with Crippen molar-refractivity contribution in [3.8, 4) is 0 Å². The number of rotatable bonds is 7. The first kappa shape index (κ1) is 13.4. The second-order valence-electron chi connectivity index (χ2n) is 3.24. The van der Waals surface area contributed by atoms with Crippen molar-refractivity contribution in [2.24, 2.45) is 5.84 Å². The molecule has 0 aromatic rings. The Morgan fingerprint density at radius 1 is 1.64 bits per heavy atom. The summed E-state index contributed by atoms with van der Waals surface area (Å²) in [6.45, 7) is 6.50. The Balaban J connectivity index is 3.90. The van der Waals surface area contributed by atoms with Crippen molar-refractivity contribution in [3.05, 3.63) is 0 Å². The predicted octanol–water partition coefficient (Wildman–Crippen LogP) is -0.277. The molecule has 5 nitrogen and oxygen atoms in total. The van der Waals surface area contributed by atoms with Crippen molar-refractivity contribution in [3.63, 3.8) is 0 Å². The number of likely N-dealkylation sites (N-methyl/N-ethyl adjacent to an activating group) is 1. The summed E-state index contributed by atoms with van der Waals surface area (Å²) >= 11 is 0. The second kappa shape index (κ2) is 7.73. The minimum atomic E-state index is -0.131.